The minimum atomic E-state index is -0.0644. The standard InChI is InChI=1S/C14H21NO3/c1-10(2)18-8-7-15(4)14(17)12-5-6-13(16)11(3)9-12/h5-6,9-10,16H,7-8H2,1-4H3. The predicted molar refractivity (Wildman–Crippen MR) is 70.9 cm³/mol. The molecule has 4 heteroatoms. The molecule has 1 aromatic carbocycles. The van der Waals surface area contributed by atoms with Gasteiger partial charge in [0.05, 0.1) is 12.7 Å². The molecule has 0 spiro atoms. The van der Waals surface area contributed by atoms with E-state index >= 15 is 0 Å². The summed E-state index contributed by atoms with van der Waals surface area (Å²) in [5.74, 6) is 0.141. The number of hydrogen-bond acceptors (Lipinski definition) is 3. The van der Waals surface area contributed by atoms with Gasteiger partial charge in [-0.05, 0) is 44.5 Å². The maximum Gasteiger partial charge on any atom is 0.253 e. The lowest BCUT2D eigenvalue weighted by Crippen LogP contribution is -2.30. The number of likely N-dealkylation sites (N-methyl/N-ethyl adjacent to an activating group) is 1. The third-order valence-electron chi connectivity index (χ3n) is 2.67. The van der Waals surface area contributed by atoms with Crippen molar-refractivity contribution in [1.82, 2.24) is 4.90 Å². The zero-order valence-corrected chi connectivity index (χ0v) is 11.4. The highest BCUT2D eigenvalue weighted by atomic mass is 16.5. The molecule has 1 amide bonds. The lowest BCUT2D eigenvalue weighted by molar-refractivity contribution is 0.0532. The van der Waals surface area contributed by atoms with Crippen molar-refractivity contribution >= 4 is 5.91 Å². The van der Waals surface area contributed by atoms with E-state index in [2.05, 4.69) is 0 Å². The van der Waals surface area contributed by atoms with Crippen LogP contribution in [0.3, 0.4) is 0 Å². The van der Waals surface area contributed by atoms with Crippen molar-refractivity contribution in [1.29, 1.82) is 0 Å². The van der Waals surface area contributed by atoms with Gasteiger partial charge in [-0.15, -0.1) is 0 Å². The lowest BCUT2D eigenvalue weighted by Gasteiger charge is -2.18. The summed E-state index contributed by atoms with van der Waals surface area (Å²) in [4.78, 5) is 13.7. The first-order valence-electron chi connectivity index (χ1n) is 6.08. The van der Waals surface area contributed by atoms with Crippen LogP contribution < -0.4 is 0 Å². The Kier molecular flexibility index (Phi) is 5.16. The van der Waals surface area contributed by atoms with Crippen molar-refractivity contribution in [2.45, 2.75) is 26.9 Å². The fourth-order valence-corrected chi connectivity index (χ4v) is 1.54. The highest BCUT2D eigenvalue weighted by Crippen LogP contribution is 2.17. The fraction of sp³-hybridized carbons (Fsp3) is 0.500. The molecule has 0 radical (unpaired) electrons. The van der Waals surface area contributed by atoms with Gasteiger partial charge in [0, 0.05) is 19.2 Å². The lowest BCUT2D eigenvalue weighted by atomic mass is 10.1. The summed E-state index contributed by atoms with van der Waals surface area (Å²) in [5.41, 5.74) is 1.28. The molecule has 0 aliphatic carbocycles. The van der Waals surface area contributed by atoms with Gasteiger partial charge in [-0.1, -0.05) is 0 Å². The second-order valence-electron chi connectivity index (χ2n) is 4.65. The number of carbonyl (C=O) groups is 1. The fourth-order valence-electron chi connectivity index (χ4n) is 1.54. The van der Waals surface area contributed by atoms with Crippen molar-refractivity contribution in [2.75, 3.05) is 20.2 Å². The largest absolute Gasteiger partial charge is 0.508 e. The van der Waals surface area contributed by atoms with E-state index < -0.39 is 0 Å². The molecule has 0 aliphatic heterocycles. The molecule has 0 unspecified atom stereocenters. The first-order valence-corrected chi connectivity index (χ1v) is 6.08. The number of carbonyl (C=O) groups excluding carboxylic acids is 1. The summed E-state index contributed by atoms with van der Waals surface area (Å²) in [6, 6.07) is 4.86. The minimum Gasteiger partial charge on any atom is -0.508 e. The monoisotopic (exact) mass is 251 g/mol. The summed E-state index contributed by atoms with van der Waals surface area (Å²) >= 11 is 0. The molecule has 1 N–H and O–H groups in total. The van der Waals surface area contributed by atoms with Gasteiger partial charge in [-0.25, -0.2) is 0 Å². The van der Waals surface area contributed by atoms with Crippen molar-refractivity contribution in [3.05, 3.63) is 29.3 Å². The maximum absolute atomic E-state index is 12.1. The van der Waals surface area contributed by atoms with E-state index in [1.165, 1.54) is 0 Å². The topological polar surface area (TPSA) is 49.8 Å². The van der Waals surface area contributed by atoms with Gasteiger partial charge < -0.3 is 14.7 Å². The van der Waals surface area contributed by atoms with E-state index in [1.807, 2.05) is 13.8 Å². The van der Waals surface area contributed by atoms with E-state index in [1.54, 1.807) is 37.1 Å². The molecule has 18 heavy (non-hydrogen) atoms. The summed E-state index contributed by atoms with van der Waals surface area (Å²) in [5, 5.41) is 9.42. The quantitative estimate of drug-likeness (QED) is 0.872. The van der Waals surface area contributed by atoms with Crippen LogP contribution in [0.15, 0.2) is 18.2 Å². The maximum atomic E-state index is 12.1. The van der Waals surface area contributed by atoms with Crippen LogP contribution in [0, 0.1) is 6.92 Å². The number of hydrogen-bond donors (Lipinski definition) is 1. The van der Waals surface area contributed by atoms with E-state index in [9.17, 15) is 9.90 Å². The molecule has 0 aliphatic rings. The van der Waals surface area contributed by atoms with Crippen LogP contribution in [-0.2, 0) is 4.74 Å². The zero-order valence-electron chi connectivity index (χ0n) is 11.4. The van der Waals surface area contributed by atoms with E-state index in [4.69, 9.17) is 4.74 Å². The normalized spacial score (nSPS) is 10.7. The van der Waals surface area contributed by atoms with Gasteiger partial charge in [0.25, 0.3) is 5.91 Å². The molecule has 100 valence electrons. The molecule has 1 aromatic rings. The van der Waals surface area contributed by atoms with Crippen LogP contribution in [0.1, 0.15) is 29.8 Å². The second kappa shape index (κ2) is 6.40. The first kappa shape index (κ1) is 14.5. The molecule has 0 bridgehead atoms. The molecule has 0 saturated heterocycles. The van der Waals surface area contributed by atoms with Gasteiger partial charge in [0.15, 0.2) is 0 Å². The smallest absolute Gasteiger partial charge is 0.253 e. The van der Waals surface area contributed by atoms with E-state index in [0.717, 1.165) is 0 Å². The average molecular weight is 251 g/mol. The predicted octanol–water partition coefficient (Wildman–Crippen LogP) is 2.20. The minimum absolute atomic E-state index is 0.0644. The summed E-state index contributed by atoms with van der Waals surface area (Å²) in [6.07, 6.45) is 0.171. The number of benzene rings is 1. The Morgan fingerprint density at radius 3 is 2.67 bits per heavy atom. The van der Waals surface area contributed by atoms with Crippen LogP contribution in [0.4, 0.5) is 0 Å². The van der Waals surface area contributed by atoms with Crippen LogP contribution in [-0.4, -0.2) is 42.2 Å². The van der Waals surface area contributed by atoms with E-state index in [-0.39, 0.29) is 17.8 Å². The number of rotatable bonds is 5. The SMILES string of the molecule is Cc1cc(C(=O)N(C)CCOC(C)C)ccc1O. The number of phenolic OH excluding ortho intramolecular Hbond substituents is 1. The third kappa shape index (κ3) is 4.04. The number of aryl methyl sites for hydroxylation is 1. The highest BCUT2D eigenvalue weighted by Gasteiger charge is 2.12. The van der Waals surface area contributed by atoms with Crippen LogP contribution >= 0.6 is 0 Å². The molecule has 0 saturated carbocycles. The Balaban J connectivity index is 2.60. The summed E-state index contributed by atoms with van der Waals surface area (Å²) in [6.45, 7) is 6.78. The van der Waals surface area contributed by atoms with Gasteiger partial charge in [-0.3, -0.25) is 4.79 Å². The average Bonchev–Trinajstić information content (AvgIpc) is 2.31. The molecular formula is C14H21NO3. The third-order valence-corrected chi connectivity index (χ3v) is 2.67. The second-order valence-corrected chi connectivity index (χ2v) is 4.65. The molecule has 0 fully saturated rings. The molecular weight excluding hydrogens is 230 g/mol. The molecule has 0 atom stereocenters. The van der Waals surface area contributed by atoms with Crippen molar-refractivity contribution < 1.29 is 14.6 Å². The number of phenols is 1. The Bertz CT molecular complexity index is 416. The van der Waals surface area contributed by atoms with Crippen molar-refractivity contribution in [2.24, 2.45) is 0 Å². The highest BCUT2D eigenvalue weighted by molar-refractivity contribution is 5.94. The number of amides is 1. The molecule has 1 rings (SSSR count). The van der Waals surface area contributed by atoms with Crippen molar-refractivity contribution in [3.8, 4) is 5.75 Å². The van der Waals surface area contributed by atoms with Crippen LogP contribution in [0.5, 0.6) is 5.75 Å². The molecule has 4 nitrogen and oxygen atoms in total. The van der Waals surface area contributed by atoms with Gasteiger partial charge in [0.2, 0.25) is 0 Å². The van der Waals surface area contributed by atoms with Gasteiger partial charge >= 0.3 is 0 Å². The van der Waals surface area contributed by atoms with Crippen LogP contribution in [0.25, 0.3) is 0 Å². The summed E-state index contributed by atoms with van der Waals surface area (Å²) in [7, 11) is 1.74. The Morgan fingerprint density at radius 1 is 1.44 bits per heavy atom. The number of aromatic hydroxyl groups is 1. The van der Waals surface area contributed by atoms with Crippen LogP contribution in [0.2, 0.25) is 0 Å². The number of nitrogens with zero attached hydrogens (tertiary/aromatic N) is 1. The van der Waals surface area contributed by atoms with E-state index in [0.29, 0.717) is 24.3 Å². The van der Waals surface area contributed by atoms with Gasteiger partial charge in [-0.2, -0.15) is 0 Å². The summed E-state index contributed by atoms with van der Waals surface area (Å²) < 4.78 is 5.41. The Hall–Kier alpha value is -1.55. The zero-order chi connectivity index (χ0) is 13.7. The first-order chi connectivity index (χ1) is 8.41. The van der Waals surface area contributed by atoms with Crippen molar-refractivity contribution in [3.63, 3.8) is 0 Å². The molecule has 0 aromatic heterocycles. The number of ether oxygens (including phenoxy) is 1. The van der Waals surface area contributed by atoms with Gasteiger partial charge in [0.1, 0.15) is 5.75 Å². The molecule has 0 heterocycles. The Morgan fingerprint density at radius 2 is 2.11 bits per heavy atom. The Labute approximate surface area is 108 Å².